The standard InChI is InChI=1S/C25H28N2O4S/c1-4-20-12-8-10-16-23(20)27(32(29,30)21-13-6-5-7-14-21)18-25(28)26-19(2)22-15-9-11-17-24(22)31-3/h5-17,19H,4,18H2,1-3H3,(H,26,28)/t19-/m0/s1. The van der Waals surface area contributed by atoms with Crippen molar-refractivity contribution in [3.8, 4) is 5.75 Å². The van der Waals surface area contributed by atoms with Crippen LogP contribution in [-0.4, -0.2) is 28.0 Å². The number of ether oxygens (including phenoxy) is 1. The van der Waals surface area contributed by atoms with Crippen molar-refractivity contribution in [3.05, 3.63) is 90.0 Å². The average Bonchev–Trinajstić information content (AvgIpc) is 2.82. The molecular formula is C25H28N2O4S. The number of amides is 1. The Morgan fingerprint density at radius 2 is 1.59 bits per heavy atom. The molecule has 0 aliphatic heterocycles. The minimum atomic E-state index is -3.95. The fourth-order valence-electron chi connectivity index (χ4n) is 3.59. The molecule has 0 saturated carbocycles. The van der Waals surface area contributed by atoms with Gasteiger partial charge in [0.05, 0.1) is 23.7 Å². The molecule has 0 heterocycles. The lowest BCUT2D eigenvalue weighted by Gasteiger charge is -2.27. The molecular weight excluding hydrogens is 424 g/mol. The van der Waals surface area contributed by atoms with Crippen molar-refractivity contribution >= 4 is 21.6 Å². The molecule has 0 aliphatic carbocycles. The maximum atomic E-state index is 13.5. The van der Waals surface area contributed by atoms with Crippen LogP contribution in [0.4, 0.5) is 5.69 Å². The van der Waals surface area contributed by atoms with E-state index in [1.807, 2.05) is 50.2 Å². The number of nitrogens with one attached hydrogen (secondary N) is 1. The molecule has 0 bridgehead atoms. The third-order valence-corrected chi connectivity index (χ3v) is 7.02. The highest BCUT2D eigenvalue weighted by Gasteiger charge is 2.29. The number of sulfonamides is 1. The minimum absolute atomic E-state index is 0.136. The fourth-order valence-corrected chi connectivity index (χ4v) is 5.07. The first kappa shape index (κ1) is 23.3. The lowest BCUT2D eigenvalue weighted by molar-refractivity contribution is -0.120. The highest BCUT2D eigenvalue weighted by Crippen LogP contribution is 2.28. The van der Waals surface area contributed by atoms with Crippen LogP contribution in [0.3, 0.4) is 0 Å². The van der Waals surface area contributed by atoms with E-state index in [1.54, 1.807) is 37.4 Å². The highest BCUT2D eigenvalue weighted by molar-refractivity contribution is 7.92. The zero-order chi connectivity index (χ0) is 23.1. The van der Waals surface area contributed by atoms with Crippen LogP contribution in [0.1, 0.15) is 31.0 Å². The van der Waals surface area contributed by atoms with E-state index in [0.29, 0.717) is 17.9 Å². The van der Waals surface area contributed by atoms with Crippen molar-refractivity contribution in [2.45, 2.75) is 31.2 Å². The quantitative estimate of drug-likeness (QED) is 0.524. The van der Waals surface area contributed by atoms with E-state index in [1.165, 1.54) is 16.4 Å². The van der Waals surface area contributed by atoms with Gasteiger partial charge < -0.3 is 10.1 Å². The fraction of sp³-hybridized carbons (Fsp3) is 0.240. The van der Waals surface area contributed by atoms with Crippen molar-refractivity contribution in [2.24, 2.45) is 0 Å². The summed E-state index contributed by atoms with van der Waals surface area (Å²) in [5.41, 5.74) is 2.16. The van der Waals surface area contributed by atoms with Crippen LogP contribution in [0.2, 0.25) is 0 Å². The predicted octanol–water partition coefficient (Wildman–Crippen LogP) is 4.33. The van der Waals surface area contributed by atoms with Crippen LogP contribution >= 0.6 is 0 Å². The summed E-state index contributed by atoms with van der Waals surface area (Å²) < 4.78 is 33.6. The van der Waals surface area contributed by atoms with Crippen LogP contribution in [0.5, 0.6) is 5.75 Å². The molecule has 1 N–H and O–H groups in total. The van der Waals surface area contributed by atoms with Crippen LogP contribution in [0, 0.1) is 0 Å². The lowest BCUT2D eigenvalue weighted by Crippen LogP contribution is -2.42. The molecule has 6 nitrogen and oxygen atoms in total. The van der Waals surface area contributed by atoms with Gasteiger partial charge in [-0.05, 0) is 43.2 Å². The maximum Gasteiger partial charge on any atom is 0.264 e. The monoisotopic (exact) mass is 452 g/mol. The van der Waals surface area contributed by atoms with Gasteiger partial charge in [0, 0.05) is 5.56 Å². The van der Waals surface area contributed by atoms with Crippen LogP contribution in [0.15, 0.2) is 83.8 Å². The molecule has 168 valence electrons. The van der Waals surface area contributed by atoms with Gasteiger partial charge in [-0.2, -0.15) is 0 Å². The molecule has 32 heavy (non-hydrogen) atoms. The molecule has 7 heteroatoms. The predicted molar refractivity (Wildman–Crippen MR) is 126 cm³/mol. The second-order valence-electron chi connectivity index (χ2n) is 7.34. The van der Waals surface area contributed by atoms with E-state index >= 15 is 0 Å². The van der Waals surface area contributed by atoms with Gasteiger partial charge in [-0.15, -0.1) is 0 Å². The van der Waals surface area contributed by atoms with Crippen molar-refractivity contribution in [2.75, 3.05) is 18.0 Å². The molecule has 0 fully saturated rings. The molecule has 0 saturated heterocycles. The molecule has 3 rings (SSSR count). The molecule has 0 aromatic heterocycles. The summed E-state index contributed by atoms with van der Waals surface area (Å²) >= 11 is 0. The summed E-state index contributed by atoms with van der Waals surface area (Å²) in [6.07, 6.45) is 0.635. The zero-order valence-electron chi connectivity index (χ0n) is 18.5. The first-order valence-electron chi connectivity index (χ1n) is 10.5. The number of rotatable bonds is 9. The molecule has 0 radical (unpaired) electrons. The molecule has 0 spiro atoms. The highest BCUT2D eigenvalue weighted by atomic mass is 32.2. The van der Waals surface area contributed by atoms with Crippen LogP contribution < -0.4 is 14.4 Å². The summed E-state index contributed by atoms with van der Waals surface area (Å²) in [5.74, 6) is 0.249. The molecule has 0 aliphatic rings. The van der Waals surface area contributed by atoms with Gasteiger partial charge >= 0.3 is 0 Å². The van der Waals surface area contributed by atoms with Crippen LogP contribution in [0.25, 0.3) is 0 Å². The maximum absolute atomic E-state index is 13.5. The van der Waals surface area contributed by atoms with Gasteiger partial charge in [0.1, 0.15) is 12.3 Å². The van der Waals surface area contributed by atoms with Crippen LogP contribution in [-0.2, 0) is 21.2 Å². The smallest absolute Gasteiger partial charge is 0.264 e. The second kappa shape index (κ2) is 10.3. The number of methoxy groups -OCH3 is 1. The van der Waals surface area contributed by atoms with Crippen molar-refractivity contribution in [1.82, 2.24) is 5.32 Å². The first-order valence-corrected chi connectivity index (χ1v) is 11.9. The number of carbonyl (C=O) groups excluding carboxylic acids is 1. The Bertz CT molecular complexity index is 1160. The van der Waals surface area contributed by atoms with Gasteiger partial charge in [-0.25, -0.2) is 8.42 Å². The number of hydrogen-bond acceptors (Lipinski definition) is 4. The summed E-state index contributed by atoms with van der Waals surface area (Å²) in [6.45, 7) is 3.45. The molecule has 3 aromatic rings. The number of para-hydroxylation sites is 2. The Morgan fingerprint density at radius 1 is 0.969 bits per heavy atom. The average molecular weight is 453 g/mol. The van der Waals surface area contributed by atoms with E-state index in [-0.39, 0.29) is 17.5 Å². The Hall–Kier alpha value is -3.32. The summed E-state index contributed by atoms with van der Waals surface area (Å²) in [5, 5.41) is 2.91. The third kappa shape index (κ3) is 5.11. The van der Waals surface area contributed by atoms with Gasteiger partial charge in [0.2, 0.25) is 5.91 Å². The number of aryl methyl sites for hydroxylation is 1. The Balaban J connectivity index is 1.93. The molecule has 3 aromatic carbocycles. The van der Waals surface area contributed by atoms with E-state index in [2.05, 4.69) is 5.32 Å². The van der Waals surface area contributed by atoms with E-state index in [4.69, 9.17) is 4.74 Å². The third-order valence-electron chi connectivity index (χ3n) is 5.24. The first-order chi connectivity index (χ1) is 15.4. The summed E-state index contributed by atoms with van der Waals surface area (Å²) in [7, 11) is -2.37. The summed E-state index contributed by atoms with van der Waals surface area (Å²) in [4.78, 5) is 13.2. The Morgan fingerprint density at radius 3 is 2.28 bits per heavy atom. The van der Waals surface area contributed by atoms with Gasteiger partial charge in [0.15, 0.2) is 0 Å². The molecule has 1 amide bonds. The molecule has 1 atom stereocenters. The lowest BCUT2D eigenvalue weighted by atomic mass is 10.1. The Labute approximate surface area is 189 Å². The van der Waals surface area contributed by atoms with Gasteiger partial charge in [-0.3, -0.25) is 9.10 Å². The van der Waals surface area contributed by atoms with Gasteiger partial charge in [0.25, 0.3) is 10.0 Å². The largest absolute Gasteiger partial charge is 0.496 e. The van der Waals surface area contributed by atoms with E-state index in [0.717, 1.165) is 11.1 Å². The second-order valence-corrected chi connectivity index (χ2v) is 9.20. The number of nitrogens with zero attached hydrogens (tertiary/aromatic N) is 1. The minimum Gasteiger partial charge on any atom is -0.496 e. The van der Waals surface area contributed by atoms with Crippen molar-refractivity contribution < 1.29 is 17.9 Å². The number of anilines is 1. The van der Waals surface area contributed by atoms with Crippen molar-refractivity contribution in [3.63, 3.8) is 0 Å². The molecule has 0 unspecified atom stereocenters. The normalized spacial score (nSPS) is 12.1. The van der Waals surface area contributed by atoms with Crippen molar-refractivity contribution in [1.29, 1.82) is 0 Å². The number of hydrogen-bond donors (Lipinski definition) is 1. The topological polar surface area (TPSA) is 75.7 Å². The number of benzene rings is 3. The summed E-state index contributed by atoms with van der Waals surface area (Å²) in [6, 6.07) is 22.4. The number of carbonyl (C=O) groups is 1. The Kier molecular flexibility index (Phi) is 7.53. The SMILES string of the molecule is CCc1ccccc1N(CC(=O)N[C@@H](C)c1ccccc1OC)S(=O)(=O)c1ccccc1. The van der Waals surface area contributed by atoms with E-state index in [9.17, 15) is 13.2 Å². The van der Waals surface area contributed by atoms with E-state index < -0.39 is 15.9 Å². The van der Waals surface area contributed by atoms with Gasteiger partial charge in [-0.1, -0.05) is 61.5 Å². The zero-order valence-corrected chi connectivity index (χ0v) is 19.3.